The number of hydrogen-bond acceptors (Lipinski definition) is 2. The van der Waals surface area contributed by atoms with Crippen molar-refractivity contribution in [3.8, 4) is 0 Å². The van der Waals surface area contributed by atoms with Crippen LogP contribution in [0.1, 0.15) is 38.2 Å². The average Bonchev–Trinajstić information content (AvgIpc) is 2.37. The summed E-state index contributed by atoms with van der Waals surface area (Å²) in [6, 6.07) is 4.82. The zero-order valence-corrected chi connectivity index (χ0v) is 12.0. The predicted octanol–water partition coefficient (Wildman–Crippen LogP) is 3.30. The summed E-state index contributed by atoms with van der Waals surface area (Å²) in [5.41, 5.74) is -0.0466. The van der Waals surface area contributed by atoms with Crippen molar-refractivity contribution >= 4 is 11.6 Å². The number of halogens is 2. The Morgan fingerprint density at radius 2 is 2.11 bits per heavy atom. The Morgan fingerprint density at radius 1 is 1.42 bits per heavy atom. The molecular formula is C15H21ClFNO. The van der Waals surface area contributed by atoms with Gasteiger partial charge in [-0.2, -0.15) is 0 Å². The van der Waals surface area contributed by atoms with Crippen molar-refractivity contribution in [2.24, 2.45) is 0 Å². The Balaban J connectivity index is 2.00. The molecule has 0 saturated heterocycles. The minimum Gasteiger partial charge on any atom is -0.390 e. The van der Waals surface area contributed by atoms with Crippen LogP contribution in [0.4, 0.5) is 4.39 Å². The van der Waals surface area contributed by atoms with Gasteiger partial charge in [0.2, 0.25) is 0 Å². The first kappa shape index (κ1) is 14.8. The van der Waals surface area contributed by atoms with E-state index in [1.54, 1.807) is 6.07 Å². The molecule has 19 heavy (non-hydrogen) atoms. The molecule has 2 rings (SSSR count). The van der Waals surface area contributed by atoms with Crippen molar-refractivity contribution in [2.45, 2.75) is 50.7 Å². The fourth-order valence-electron chi connectivity index (χ4n) is 2.86. The molecule has 0 atom stereocenters. The molecule has 0 aliphatic heterocycles. The fourth-order valence-corrected chi connectivity index (χ4v) is 3.04. The highest BCUT2D eigenvalue weighted by Gasteiger charge is 2.33. The Bertz CT molecular complexity index is 430. The number of rotatable bonds is 4. The van der Waals surface area contributed by atoms with E-state index in [0.717, 1.165) is 32.2 Å². The molecule has 106 valence electrons. The van der Waals surface area contributed by atoms with Crippen molar-refractivity contribution in [3.05, 3.63) is 34.6 Å². The molecule has 1 aliphatic carbocycles. The molecule has 1 aromatic rings. The normalized spacial score (nSPS) is 27.5. The molecule has 0 spiro atoms. The second-order valence-electron chi connectivity index (χ2n) is 5.47. The summed E-state index contributed by atoms with van der Waals surface area (Å²) in [5, 5.41) is 14.6. The third kappa shape index (κ3) is 3.91. The number of benzene rings is 1. The van der Waals surface area contributed by atoms with E-state index < -0.39 is 5.60 Å². The van der Waals surface area contributed by atoms with Crippen molar-refractivity contribution in [2.75, 3.05) is 6.54 Å². The Kier molecular flexibility index (Phi) is 4.82. The van der Waals surface area contributed by atoms with Crippen LogP contribution in [0.2, 0.25) is 5.02 Å². The highest BCUT2D eigenvalue weighted by molar-refractivity contribution is 6.31. The van der Waals surface area contributed by atoms with Crippen LogP contribution in [0, 0.1) is 5.82 Å². The quantitative estimate of drug-likeness (QED) is 0.890. The minimum absolute atomic E-state index is 0.302. The standard InChI is InChI=1S/C15H21ClFNO/c1-2-18-13-5-7-15(19,8-6-13)10-11-9-12(17)3-4-14(11)16/h3-4,9,13,18-19H,2,5-8,10H2,1H3. The van der Waals surface area contributed by atoms with E-state index in [1.807, 2.05) is 0 Å². The van der Waals surface area contributed by atoms with E-state index in [4.69, 9.17) is 11.6 Å². The van der Waals surface area contributed by atoms with Crippen molar-refractivity contribution < 1.29 is 9.50 Å². The van der Waals surface area contributed by atoms with E-state index in [-0.39, 0.29) is 5.82 Å². The fraction of sp³-hybridized carbons (Fsp3) is 0.600. The summed E-state index contributed by atoms with van der Waals surface area (Å²) < 4.78 is 13.2. The first-order valence-electron chi connectivity index (χ1n) is 6.92. The van der Waals surface area contributed by atoms with Crippen LogP contribution in [0.15, 0.2) is 18.2 Å². The third-order valence-electron chi connectivity index (χ3n) is 3.94. The molecule has 0 bridgehead atoms. The topological polar surface area (TPSA) is 32.3 Å². The molecule has 1 saturated carbocycles. The molecule has 0 amide bonds. The lowest BCUT2D eigenvalue weighted by Gasteiger charge is -2.36. The van der Waals surface area contributed by atoms with Crippen LogP contribution in [-0.4, -0.2) is 23.3 Å². The molecule has 0 unspecified atom stereocenters. The highest BCUT2D eigenvalue weighted by Crippen LogP contribution is 2.33. The van der Waals surface area contributed by atoms with Crippen molar-refractivity contribution in [1.82, 2.24) is 5.32 Å². The smallest absolute Gasteiger partial charge is 0.123 e. The van der Waals surface area contributed by atoms with Gasteiger partial charge in [-0.25, -0.2) is 4.39 Å². The molecule has 0 aromatic heterocycles. The van der Waals surface area contributed by atoms with Gasteiger partial charge in [0.1, 0.15) is 5.82 Å². The monoisotopic (exact) mass is 285 g/mol. The van der Waals surface area contributed by atoms with E-state index in [9.17, 15) is 9.50 Å². The predicted molar refractivity (Wildman–Crippen MR) is 76.0 cm³/mol. The van der Waals surface area contributed by atoms with Crippen LogP contribution >= 0.6 is 11.6 Å². The first-order valence-corrected chi connectivity index (χ1v) is 7.30. The average molecular weight is 286 g/mol. The molecule has 1 fully saturated rings. The lowest BCUT2D eigenvalue weighted by molar-refractivity contribution is -0.00297. The van der Waals surface area contributed by atoms with Crippen LogP contribution < -0.4 is 5.32 Å². The summed E-state index contributed by atoms with van der Waals surface area (Å²) in [5.74, 6) is -0.302. The van der Waals surface area contributed by atoms with Crippen LogP contribution in [0.3, 0.4) is 0 Å². The number of nitrogens with one attached hydrogen (secondary N) is 1. The number of hydrogen-bond donors (Lipinski definition) is 2. The van der Waals surface area contributed by atoms with Crippen LogP contribution in [0.25, 0.3) is 0 Å². The zero-order chi connectivity index (χ0) is 13.9. The molecule has 0 radical (unpaired) electrons. The van der Waals surface area contributed by atoms with Crippen LogP contribution in [-0.2, 0) is 6.42 Å². The van der Waals surface area contributed by atoms with Gasteiger partial charge in [0.25, 0.3) is 0 Å². The third-order valence-corrected chi connectivity index (χ3v) is 4.31. The van der Waals surface area contributed by atoms with Gasteiger partial charge in [-0.1, -0.05) is 18.5 Å². The van der Waals surface area contributed by atoms with Crippen molar-refractivity contribution in [1.29, 1.82) is 0 Å². The lowest BCUT2D eigenvalue weighted by Crippen LogP contribution is -2.42. The summed E-state index contributed by atoms with van der Waals surface area (Å²) in [4.78, 5) is 0. The number of aliphatic hydroxyl groups is 1. The summed E-state index contributed by atoms with van der Waals surface area (Å²) in [6.07, 6.45) is 3.81. The van der Waals surface area contributed by atoms with Gasteiger partial charge >= 0.3 is 0 Å². The Morgan fingerprint density at radius 3 is 2.74 bits per heavy atom. The van der Waals surface area contributed by atoms with Gasteiger partial charge in [0.15, 0.2) is 0 Å². The maximum Gasteiger partial charge on any atom is 0.123 e. The Hall–Kier alpha value is -0.640. The van der Waals surface area contributed by atoms with Crippen molar-refractivity contribution in [3.63, 3.8) is 0 Å². The van der Waals surface area contributed by atoms with E-state index >= 15 is 0 Å². The van der Waals surface area contributed by atoms with Gasteiger partial charge in [0, 0.05) is 17.5 Å². The van der Waals surface area contributed by atoms with Gasteiger partial charge < -0.3 is 10.4 Å². The second kappa shape index (κ2) is 6.21. The van der Waals surface area contributed by atoms with Gasteiger partial charge in [-0.15, -0.1) is 0 Å². The van der Waals surface area contributed by atoms with E-state index in [2.05, 4.69) is 12.2 Å². The van der Waals surface area contributed by atoms with Gasteiger partial charge in [-0.3, -0.25) is 0 Å². The largest absolute Gasteiger partial charge is 0.390 e. The van der Waals surface area contributed by atoms with Gasteiger partial charge in [0.05, 0.1) is 5.60 Å². The lowest BCUT2D eigenvalue weighted by atomic mass is 9.78. The maximum atomic E-state index is 13.2. The molecule has 2 nitrogen and oxygen atoms in total. The highest BCUT2D eigenvalue weighted by atomic mass is 35.5. The molecule has 0 heterocycles. The first-order chi connectivity index (χ1) is 9.02. The minimum atomic E-state index is -0.747. The molecule has 4 heteroatoms. The molecule has 1 aromatic carbocycles. The van der Waals surface area contributed by atoms with E-state index in [0.29, 0.717) is 23.0 Å². The summed E-state index contributed by atoms with van der Waals surface area (Å²) in [6.45, 7) is 3.05. The van der Waals surface area contributed by atoms with Crippen LogP contribution in [0.5, 0.6) is 0 Å². The Labute approximate surface area is 119 Å². The summed E-state index contributed by atoms with van der Waals surface area (Å²) >= 11 is 6.07. The zero-order valence-electron chi connectivity index (χ0n) is 11.3. The molecule has 2 N–H and O–H groups in total. The maximum absolute atomic E-state index is 13.2. The molecular weight excluding hydrogens is 265 g/mol. The summed E-state index contributed by atoms with van der Waals surface area (Å²) in [7, 11) is 0. The molecule has 1 aliphatic rings. The van der Waals surface area contributed by atoms with Gasteiger partial charge in [-0.05, 0) is 56.0 Å². The second-order valence-corrected chi connectivity index (χ2v) is 5.88. The van der Waals surface area contributed by atoms with E-state index in [1.165, 1.54) is 12.1 Å². The SMILES string of the molecule is CCNC1CCC(O)(Cc2cc(F)ccc2Cl)CC1.